The van der Waals surface area contributed by atoms with Crippen molar-refractivity contribution in [3.63, 3.8) is 0 Å². The lowest BCUT2D eigenvalue weighted by atomic mass is 10.4. The summed E-state index contributed by atoms with van der Waals surface area (Å²) in [4.78, 5) is 9.95. The van der Waals surface area contributed by atoms with Crippen molar-refractivity contribution in [3.05, 3.63) is 0 Å². The van der Waals surface area contributed by atoms with Gasteiger partial charge in [0.05, 0.1) is 19.1 Å². The molecular formula is C8H18ClN3O. The highest BCUT2D eigenvalue weighted by Crippen LogP contribution is 1.82. The van der Waals surface area contributed by atoms with Gasteiger partial charge < -0.3 is 10.4 Å². The second-order valence-corrected chi connectivity index (χ2v) is 3.09. The third-order valence-electron chi connectivity index (χ3n) is 1.21. The molecule has 0 aliphatic heterocycles. The number of rotatable bonds is 6. The summed E-state index contributed by atoms with van der Waals surface area (Å²) < 4.78 is 0. The summed E-state index contributed by atoms with van der Waals surface area (Å²) in [6.07, 6.45) is 1.05. The molecule has 0 aromatic carbocycles. The number of nitrogens with zero attached hydrogens (tertiary/aromatic N) is 3. The number of hydrogen-bond donors (Lipinski definition) is 0. The molecule has 0 spiro atoms. The predicted octanol–water partition coefficient (Wildman–Crippen LogP) is 0.526. The molecule has 0 radical (unpaired) electrons. The van der Waals surface area contributed by atoms with Crippen molar-refractivity contribution in [1.29, 1.82) is 0 Å². The molecule has 0 atom stereocenters. The van der Waals surface area contributed by atoms with E-state index in [0.29, 0.717) is 12.4 Å². The van der Waals surface area contributed by atoms with Gasteiger partial charge in [0.25, 0.3) is 0 Å². The summed E-state index contributed by atoms with van der Waals surface area (Å²) in [5, 5.41) is 0. The van der Waals surface area contributed by atoms with Crippen LogP contribution in [0.15, 0.2) is 9.98 Å². The van der Waals surface area contributed by atoms with Gasteiger partial charge in [-0.1, -0.05) is 0 Å². The van der Waals surface area contributed by atoms with Crippen molar-refractivity contribution in [2.75, 3.05) is 39.6 Å². The molecule has 2 N–H and O–H groups in total. The smallest absolute Gasteiger partial charge is 0.0892 e. The Bertz CT molecular complexity index is 155. The molecule has 0 bridgehead atoms. The van der Waals surface area contributed by atoms with Crippen LogP contribution in [0.5, 0.6) is 0 Å². The molecule has 0 aromatic heterocycles. The van der Waals surface area contributed by atoms with E-state index in [1.54, 1.807) is 0 Å². The predicted molar refractivity (Wildman–Crippen MR) is 57.1 cm³/mol. The van der Waals surface area contributed by atoms with Crippen LogP contribution in [-0.2, 0) is 0 Å². The molecule has 0 rings (SSSR count). The molecule has 0 aliphatic carbocycles. The van der Waals surface area contributed by atoms with Gasteiger partial charge in [-0.05, 0) is 27.1 Å². The number of hydrogen-bond acceptors (Lipinski definition) is 3. The van der Waals surface area contributed by atoms with Gasteiger partial charge in [0.1, 0.15) is 0 Å². The minimum absolute atomic E-state index is 0. The lowest BCUT2D eigenvalue weighted by molar-refractivity contribution is 0.403. The zero-order valence-corrected chi connectivity index (χ0v) is 9.01. The van der Waals surface area contributed by atoms with E-state index < -0.39 is 0 Å². The topological polar surface area (TPSA) is 59.5 Å². The number of alkyl halides is 1. The molecule has 0 amide bonds. The van der Waals surface area contributed by atoms with Gasteiger partial charge in [0.2, 0.25) is 0 Å². The van der Waals surface area contributed by atoms with Crippen LogP contribution in [0.4, 0.5) is 0 Å². The highest BCUT2D eigenvalue weighted by molar-refractivity contribution is 6.18. The molecule has 0 aliphatic rings. The SMILES string of the molecule is CN(C)CCCN=C=NCCCl.O. The van der Waals surface area contributed by atoms with E-state index in [9.17, 15) is 0 Å². The van der Waals surface area contributed by atoms with Crippen molar-refractivity contribution in [3.8, 4) is 0 Å². The lowest BCUT2D eigenvalue weighted by Gasteiger charge is -2.05. The fourth-order valence-electron chi connectivity index (χ4n) is 0.658. The molecule has 0 saturated carbocycles. The molecule has 4 nitrogen and oxygen atoms in total. The second kappa shape index (κ2) is 11.6. The normalized spacial score (nSPS) is 8.92. The number of halogens is 1. The average Bonchev–Trinajstić information content (AvgIpc) is 2.02. The van der Waals surface area contributed by atoms with Gasteiger partial charge >= 0.3 is 0 Å². The minimum Gasteiger partial charge on any atom is -0.412 e. The van der Waals surface area contributed by atoms with Gasteiger partial charge in [0, 0.05) is 5.88 Å². The highest BCUT2D eigenvalue weighted by Gasteiger charge is 1.86. The van der Waals surface area contributed by atoms with E-state index in [-0.39, 0.29) is 5.48 Å². The summed E-state index contributed by atoms with van der Waals surface area (Å²) in [6, 6.07) is 2.61. The van der Waals surface area contributed by atoms with Gasteiger partial charge in [-0.3, -0.25) is 0 Å². The fourth-order valence-corrected chi connectivity index (χ4v) is 0.743. The maximum atomic E-state index is 5.40. The Hall–Kier alpha value is -0.410. The van der Waals surface area contributed by atoms with Crippen LogP contribution in [0, 0.1) is 0 Å². The maximum absolute atomic E-state index is 5.40. The van der Waals surface area contributed by atoms with E-state index in [1.807, 2.05) is 14.1 Å². The second-order valence-electron chi connectivity index (χ2n) is 2.71. The molecule has 0 unspecified atom stereocenters. The van der Waals surface area contributed by atoms with Crippen molar-refractivity contribution in [2.24, 2.45) is 9.98 Å². The van der Waals surface area contributed by atoms with Crippen LogP contribution in [0.1, 0.15) is 6.42 Å². The molecule has 0 fully saturated rings. The highest BCUT2D eigenvalue weighted by atomic mass is 35.5. The molecule has 78 valence electrons. The Morgan fingerprint density at radius 3 is 2.38 bits per heavy atom. The van der Waals surface area contributed by atoms with Crippen LogP contribution >= 0.6 is 11.6 Å². The monoisotopic (exact) mass is 207 g/mol. The molecule has 5 heteroatoms. The first-order valence-electron chi connectivity index (χ1n) is 4.06. The van der Waals surface area contributed by atoms with Crippen LogP contribution < -0.4 is 0 Å². The zero-order valence-electron chi connectivity index (χ0n) is 8.26. The van der Waals surface area contributed by atoms with Crippen LogP contribution in [-0.4, -0.2) is 56.0 Å². The van der Waals surface area contributed by atoms with E-state index in [4.69, 9.17) is 11.6 Å². The van der Waals surface area contributed by atoms with E-state index in [0.717, 1.165) is 19.5 Å². The van der Waals surface area contributed by atoms with Gasteiger partial charge in [-0.2, -0.15) is 0 Å². The van der Waals surface area contributed by atoms with Crippen molar-refractivity contribution in [2.45, 2.75) is 6.42 Å². The van der Waals surface area contributed by atoms with Crippen molar-refractivity contribution >= 4 is 17.6 Å². The Labute approximate surface area is 84.6 Å². The standard InChI is InChI=1S/C8H16ClN3.H2O/c1-12(2)7-3-5-10-8-11-6-4-9;/h3-7H2,1-2H3;1H2. The Kier molecular flexibility index (Phi) is 13.4. The van der Waals surface area contributed by atoms with Crippen LogP contribution in [0.3, 0.4) is 0 Å². The molecule has 13 heavy (non-hydrogen) atoms. The third-order valence-corrected chi connectivity index (χ3v) is 1.38. The Balaban J connectivity index is 0. The Morgan fingerprint density at radius 1 is 1.23 bits per heavy atom. The first kappa shape index (κ1) is 15.1. The third kappa shape index (κ3) is 14.4. The number of aliphatic imine (C=N–C) groups is 2. The van der Waals surface area contributed by atoms with E-state index >= 15 is 0 Å². The summed E-state index contributed by atoms with van der Waals surface area (Å²) in [6.45, 7) is 2.46. The molecule has 0 heterocycles. The van der Waals surface area contributed by atoms with Gasteiger partial charge in [-0.25, -0.2) is 9.98 Å². The first-order valence-corrected chi connectivity index (χ1v) is 4.59. The van der Waals surface area contributed by atoms with Crippen molar-refractivity contribution < 1.29 is 5.48 Å². The van der Waals surface area contributed by atoms with Crippen LogP contribution in [0.2, 0.25) is 0 Å². The molecule has 0 aromatic rings. The summed E-state index contributed by atoms with van der Waals surface area (Å²) in [7, 11) is 4.09. The Morgan fingerprint density at radius 2 is 1.85 bits per heavy atom. The zero-order chi connectivity index (χ0) is 9.23. The quantitative estimate of drug-likeness (QED) is 0.356. The van der Waals surface area contributed by atoms with Crippen molar-refractivity contribution in [1.82, 2.24) is 4.90 Å². The van der Waals surface area contributed by atoms with E-state index in [2.05, 4.69) is 20.9 Å². The molecule has 0 saturated heterocycles. The van der Waals surface area contributed by atoms with Crippen LogP contribution in [0.25, 0.3) is 0 Å². The maximum Gasteiger partial charge on any atom is 0.0892 e. The lowest BCUT2D eigenvalue weighted by Crippen LogP contribution is -2.13. The van der Waals surface area contributed by atoms with Gasteiger partial charge in [-0.15, -0.1) is 11.6 Å². The largest absolute Gasteiger partial charge is 0.412 e. The molecular weight excluding hydrogens is 190 g/mol. The summed E-state index contributed by atoms with van der Waals surface area (Å²) >= 11 is 5.40. The summed E-state index contributed by atoms with van der Waals surface area (Å²) in [5.74, 6) is 0.542. The minimum atomic E-state index is 0. The van der Waals surface area contributed by atoms with E-state index in [1.165, 1.54) is 0 Å². The first-order chi connectivity index (χ1) is 5.77. The van der Waals surface area contributed by atoms with Gasteiger partial charge in [0.15, 0.2) is 0 Å². The average molecular weight is 208 g/mol. The summed E-state index contributed by atoms with van der Waals surface area (Å²) in [5.41, 5.74) is 0. The fraction of sp³-hybridized carbons (Fsp3) is 0.875.